The first-order valence-corrected chi connectivity index (χ1v) is 11.8. The van der Waals surface area contributed by atoms with Crippen LogP contribution in [0.2, 0.25) is 0 Å². The lowest BCUT2D eigenvalue weighted by molar-refractivity contribution is -0.131. The fourth-order valence-corrected chi connectivity index (χ4v) is 6.78. The Morgan fingerprint density at radius 1 is 1.24 bits per heavy atom. The molecule has 2 saturated carbocycles. The van der Waals surface area contributed by atoms with Gasteiger partial charge in [0, 0.05) is 18.7 Å². The van der Waals surface area contributed by atoms with E-state index < -0.39 is 27.5 Å². The molecule has 4 rings (SSSR count). The van der Waals surface area contributed by atoms with Gasteiger partial charge in [0.05, 0.1) is 23.4 Å². The van der Waals surface area contributed by atoms with Crippen LogP contribution in [-0.2, 0) is 19.6 Å². The number of likely N-dealkylation sites (N-methyl/N-ethyl adjacent to an activating group) is 1. The van der Waals surface area contributed by atoms with Gasteiger partial charge in [-0.25, -0.2) is 22.7 Å². The van der Waals surface area contributed by atoms with E-state index in [1.807, 2.05) is 6.92 Å². The lowest BCUT2D eigenvalue weighted by Gasteiger charge is -2.37. The standard InChI is InChI=1S/C19H29N3O6S/c1-19(9-10-19)20-29(26,27)13-5-6-14-15(11-13)22(18(25)21(14)2)16-7-3-12(28-16)4-8-17(23)24/h4,8,12-16,20H,3,5-7,9-11H2,1-2H3,(H,23,24)/b8-4+. The highest BCUT2D eigenvalue weighted by molar-refractivity contribution is 7.90. The van der Waals surface area contributed by atoms with E-state index in [0.717, 1.165) is 18.9 Å². The molecule has 29 heavy (non-hydrogen) atoms. The summed E-state index contributed by atoms with van der Waals surface area (Å²) in [4.78, 5) is 27.1. The number of nitrogens with one attached hydrogen (secondary N) is 1. The molecular weight excluding hydrogens is 398 g/mol. The zero-order valence-electron chi connectivity index (χ0n) is 16.8. The third kappa shape index (κ3) is 4.02. The average Bonchev–Trinajstić information content (AvgIpc) is 3.09. The topological polar surface area (TPSA) is 116 Å². The van der Waals surface area contributed by atoms with Gasteiger partial charge in [-0.15, -0.1) is 0 Å². The Morgan fingerprint density at radius 2 is 1.97 bits per heavy atom. The fraction of sp³-hybridized carbons (Fsp3) is 0.789. The molecule has 2 heterocycles. The summed E-state index contributed by atoms with van der Waals surface area (Å²) < 4.78 is 34.6. The molecule has 5 unspecified atom stereocenters. The summed E-state index contributed by atoms with van der Waals surface area (Å²) in [6.45, 7) is 1.92. The van der Waals surface area contributed by atoms with E-state index in [9.17, 15) is 18.0 Å². The second-order valence-corrected chi connectivity index (χ2v) is 10.9. The summed E-state index contributed by atoms with van der Waals surface area (Å²) in [5.41, 5.74) is -0.310. The first kappa shape index (κ1) is 20.6. The van der Waals surface area contributed by atoms with Crippen molar-refractivity contribution in [1.82, 2.24) is 14.5 Å². The number of amides is 2. The number of carboxylic acid groups (broad SMARTS) is 1. The number of fused-ring (bicyclic) bond motifs is 1. The van der Waals surface area contributed by atoms with Gasteiger partial charge in [-0.1, -0.05) is 0 Å². The van der Waals surface area contributed by atoms with Crippen LogP contribution >= 0.6 is 0 Å². The molecule has 2 aliphatic heterocycles. The molecule has 2 N–H and O–H groups in total. The predicted molar refractivity (Wildman–Crippen MR) is 105 cm³/mol. The molecule has 10 heteroatoms. The summed E-state index contributed by atoms with van der Waals surface area (Å²) in [6.07, 6.45) is 6.26. The van der Waals surface area contributed by atoms with Crippen molar-refractivity contribution < 1.29 is 27.9 Å². The molecule has 0 aromatic heterocycles. The molecule has 0 aromatic rings. The zero-order chi connectivity index (χ0) is 21.0. The van der Waals surface area contributed by atoms with E-state index in [0.29, 0.717) is 32.1 Å². The maximum absolute atomic E-state index is 12.9. The molecule has 9 nitrogen and oxygen atoms in total. The second kappa shape index (κ2) is 7.24. The van der Waals surface area contributed by atoms with E-state index >= 15 is 0 Å². The number of ether oxygens (including phenoxy) is 1. The molecule has 0 aromatic carbocycles. The fourth-order valence-electron chi connectivity index (χ4n) is 4.83. The summed E-state index contributed by atoms with van der Waals surface area (Å²) >= 11 is 0. The first-order chi connectivity index (χ1) is 13.6. The van der Waals surface area contributed by atoms with Crippen molar-refractivity contribution in [2.24, 2.45) is 0 Å². The number of carbonyl (C=O) groups excluding carboxylic acids is 1. The Labute approximate surface area is 171 Å². The van der Waals surface area contributed by atoms with Crippen LogP contribution in [0.15, 0.2) is 12.2 Å². The Bertz CT molecular complexity index is 824. The number of hydrogen-bond acceptors (Lipinski definition) is 5. The molecule has 4 fully saturated rings. The van der Waals surface area contributed by atoms with Gasteiger partial charge in [-0.3, -0.25) is 4.90 Å². The number of rotatable bonds is 6. The van der Waals surface area contributed by atoms with Gasteiger partial charge in [-0.05, 0) is 57.9 Å². The predicted octanol–water partition coefficient (Wildman–Crippen LogP) is 1.26. The Morgan fingerprint density at radius 3 is 2.62 bits per heavy atom. The number of urea groups is 1. The van der Waals surface area contributed by atoms with E-state index in [4.69, 9.17) is 9.84 Å². The molecule has 0 radical (unpaired) electrons. The highest BCUT2D eigenvalue weighted by Gasteiger charge is 2.53. The van der Waals surface area contributed by atoms with Crippen LogP contribution in [0.25, 0.3) is 0 Å². The van der Waals surface area contributed by atoms with E-state index in [1.165, 1.54) is 6.08 Å². The van der Waals surface area contributed by atoms with Crippen LogP contribution < -0.4 is 4.72 Å². The van der Waals surface area contributed by atoms with Crippen LogP contribution in [0.1, 0.15) is 51.9 Å². The molecule has 4 aliphatic rings. The van der Waals surface area contributed by atoms with E-state index in [-0.39, 0.29) is 29.8 Å². The third-order valence-corrected chi connectivity index (χ3v) is 8.81. The van der Waals surface area contributed by atoms with E-state index in [1.54, 1.807) is 16.8 Å². The minimum Gasteiger partial charge on any atom is -0.478 e. The molecule has 5 atom stereocenters. The number of hydrogen-bond donors (Lipinski definition) is 2. The average molecular weight is 428 g/mol. The quantitative estimate of drug-likeness (QED) is 0.617. The first-order valence-electron chi connectivity index (χ1n) is 10.2. The minimum absolute atomic E-state index is 0.0253. The van der Waals surface area contributed by atoms with Gasteiger partial charge >= 0.3 is 12.0 Å². The summed E-state index contributed by atoms with van der Waals surface area (Å²) in [7, 11) is -1.69. The van der Waals surface area contributed by atoms with Crippen molar-refractivity contribution in [3.8, 4) is 0 Å². The van der Waals surface area contributed by atoms with Crippen molar-refractivity contribution in [2.75, 3.05) is 7.05 Å². The highest BCUT2D eigenvalue weighted by atomic mass is 32.2. The van der Waals surface area contributed by atoms with Gasteiger partial charge in [0.2, 0.25) is 10.0 Å². The van der Waals surface area contributed by atoms with Crippen molar-refractivity contribution >= 4 is 22.0 Å². The van der Waals surface area contributed by atoms with E-state index in [2.05, 4.69) is 4.72 Å². The lowest BCUT2D eigenvalue weighted by Crippen LogP contribution is -2.51. The van der Waals surface area contributed by atoms with Gasteiger partial charge in [0.25, 0.3) is 0 Å². The Kier molecular flexibility index (Phi) is 5.15. The van der Waals surface area contributed by atoms with Crippen LogP contribution in [0, 0.1) is 0 Å². The van der Waals surface area contributed by atoms with Crippen molar-refractivity contribution in [3.05, 3.63) is 12.2 Å². The number of aliphatic carboxylic acids is 1. The largest absolute Gasteiger partial charge is 0.478 e. The van der Waals surface area contributed by atoms with Crippen LogP contribution in [0.3, 0.4) is 0 Å². The van der Waals surface area contributed by atoms with Gasteiger partial charge in [-0.2, -0.15) is 0 Å². The van der Waals surface area contributed by atoms with Crippen molar-refractivity contribution in [1.29, 1.82) is 0 Å². The lowest BCUT2D eigenvalue weighted by atomic mass is 9.89. The van der Waals surface area contributed by atoms with Gasteiger partial charge < -0.3 is 14.7 Å². The van der Waals surface area contributed by atoms with Gasteiger partial charge in [0.15, 0.2) is 0 Å². The zero-order valence-corrected chi connectivity index (χ0v) is 17.6. The normalized spacial score (nSPS) is 36.6. The maximum atomic E-state index is 12.9. The minimum atomic E-state index is -3.45. The van der Waals surface area contributed by atoms with Crippen LogP contribution in [-0.4, -0.2) is 77.6 Å². The number of carbonyl (C=O) groups is 2. The van der Waals surface area contributed by atoms with Crippen LogP contribution in [0.5, 0.6) is 0 Å². The highest BCUT2D eigenvalue weighted by Crippen LogP contribution is 2.41. The smallest absolute Gasteiger partial charge is 0.328 e. The van der Waals surface area contributed by atoms with Crippen molar-refractivity contribution in [2.45, 2.75) is 87.1 Å². The molecule has 2 amide bonds. The molecule has 0 spiro atoms. The third-order valence-electron chi connectivity index (χ3n) is 6.73. The summed E-state index contributed by atoms with van der Waals surface area (Å²) in [5.74, 6) is -1.04. The summed E-state index contributed by atoms with van der Waals surface area (Å²) in [6, 6.07) is -0.391. The van der Waals surface area contributed by atoms with Crippen LogP contribution in [0.4, 0.5) is 4.79 Å². The number of sulfonamides is 1. The Balaban J connectivity index is 1.48. The van der Waals surface area contributed by atoms with Gasteiger partial charge in [0.1, 0.15) is 6.23 Å². The molecule has 2 aliphatic carbocycles. The second-order valence-electron chi connectivity index (χ2n) is 8.98. The van der Waals surface area contributed by atoms with Crippen molar-refractivity contribution in [3.63, 3.8) is 0 Å². The SMILES string of the molecule is CN1C(=O)N(C2CCC(/C=C/C(=O)O)O2)C2CC(S(=O)(=O)NC3(C)CC3)CCC21. The summed E-state index contributed by atoms with van der Waals surface area (Å²) in [5, 5.41) is 8.28. The maximum Gasteiger partial charge on any atom is 0.328 e. The number of nitrogens with zero attached hydrogens (tertiary/aromatic N) is 2. The molecular formula is C19H29N3O6S. The molecule has 2 saturated heterocycles. The molecule has 0 bridgehead atoms. The monoisotopic (exact) mass is 427 g/mol. The molecule has 162 valence electrons. The Hall–Kier alpha value is -1.65. The number of carboxylic acids is 1.